The van der Waals surface area contributed by atoms with Crippen molar-refractivity contribution in [3.63, 3.8) is 0 Å². The third-order valence-electron chi connectivity index (χ3n) is 4.39. The number of amides is 1. The Bertz CT molecular complexity index is 809. The van der Waals surface area contributed by atoms with Crippen LogP contribution in [-0.2, 0) is 9.53 Å². The van der Waals surface area contributed by atoms with E-state index in [-0.39, 0.29) is 17.5 Å². The van der Waals surface area contributed by atoms with Gasteiger partial charge in [-0.1, -0.05) is 30.0 Å². The van der Waals surface area contributed by atoms with E-state index in [1.165, 1.54) is 24.2 Å². The van der Waals surface area contributed by atoms with Gasteiger partial charge in [0.1, 0.15) is 12.1 Å². The number of hydrogen-bond donors (Lipinski definition) is 0. The minimum atomic E-state index is -0.362. The number of ether oxygens (including phenoxy) is 1. The molecule has 0 saturated heterocycles. The number of halogens is 1. The molecule has 2 aromatic rings. The van der Waals surface area contributed by atoms with Gasteiger partial charge in [-0.05, 0) is 37.8 Å². The summed E-state index contributed by atoms with van der Waals surface area (Å²) in [5, 5.41) is 8.39. The molecule has 0 atom stereocenters. The minimum absolute atomic E-state index is 0.00622. The van der Waals surface area contributed by atoms with Crippen molar-refractivity contribution >= 4 is 17.7 Å². The monoisotopic (exact) mass is 390 g/mol. The van der Waals surface area contributed by atoms with Gasteiger partial charge in [-0.25, -0.2) is 4.39 Å². The van der Waals surface area contributed by atoms with Crippen LogP contribution in [0, 0.1) is 5.82 Å². The minimum Gasteiger partial charge on any atom is -0.383 e. The Kier molecular flexibility index (Phi) is 7.00. The van der Waals surface area contributed by atoms with Crippen molar-refractivity contribution < 1.29 is 13.9 Å². The van der Waals surface area contributed by atoms with E-state index in [9.17, 15) is 9.18 Å². The quantitative estimate of drug-likeness (QED) is 0.647. The number of rotatable bonds is 8. The van der Waals surface area contributed by atoms with Gasteiger partial charge in [0, 0.05) is 19.4 Å². The Morgan fingerprint density at radius 2 is 2.22 bits per heavy atom. The van der Waals surface area contributed by atoms with Crippen LogP contribution in [0.5, 0.6) is 0 Å². The smallest absolute Gasteiger partial charge is 0.237 e. The number of thioether (sulfide) groups is 1. The van der Waals surface area contributed by atoms with Crippen molar-refractivity contribution in [2.45, 2.75) is 30.8 Å². The van der Waals surface area contributed by atoms with Gasteiger partial charge in [0.15, 0.2) is 5.16 Å². The molecule has 0 bridgehead atoms. The molecule has 0 N–H and O–H groups in total. The van der Waals surface area contributed by atoms with Crippen LogP contribution in [0.1, 0.15) is 25.7 Å². The lowest BCUT2D eigenvalue weighted by molar-refractivity contribution is -0.127. The van der Waals surface area contributed by atoms with Crippen molar-refractivity contribution in [3.8, 4) is 5.69 Å². The Hall–Kier alpha value is -2.19. The third kappa shape index (κ3) is 4.95. The zero-order chi connectivity index (χ0) is 19.1. The third-order valence-corrected chi connectivity index (χ3v) is 5.31. The lowest BCUT2D eigenvalue weighted by atomic mass is 10.0. The number of carbonyl (C=O) groups excluding carboxylic acids is 1. The molecule has 1 aromatic heterocycles. The molecule has 1 aliphatic rings. The fourth-order valence-electron chi connectivity index (χ4n) is 3.02. The molecule has 0 aliphatic heterocycles. The summed E-state index contributed by atoms with van der Waals surface area (Å²) < 4.78 is 20.8. The molecule has 0 radical (unpaired) electrons. The van der Waals surface area contributed by atoms with Crippen LogP contribution in [-0.4, -0.2) is 51.6 Å². The highest BCUT2D eigenvalue weighted by atomic mass is 32.2. The van der Waals surface area contributed by atoms with E-state index in [4.69, 9.17) is 4.74 Å². The van der Waals surface area contributed by atoms with E-state index in [1.807, 2.05) is 0 Å². The highest BCUT2D eigenvalue weighted by molar-refractivity contribution is 7.99. The first-order valence-corrected chi connectivity index (χ1v) is 9.95. The standard InChI is InChI=1S/C19H23FN4O2S/c1-26-12-11-23(15-7-3-2-4-8-15)18(25)13-27-19-22-21-14-24(19)17-10-6-5-9-16(17)20/h5-7,9-10,14H,2-4,8,11-13H2,1H3. The number of allylic oxidation sites excluding steroid dienone is 2. The number of carbonyl (C=O) groups is 1. The topological polar surface area (TPSA) is 60.2 Å². The van der Waals surface area contributed by atoms with E-state index in [0.717, 1.165) is 31.4 Å². The second-order valence-electron chi connectivity index (χ2n) is 6.20. The second kappa shape index (κ2) is 9.66. The fourth-order valence-corrected chi connectivity index (χ4v) is 3.81. The number of para-hydroxylation sites is 1. The van der Waals surface area contributed by atoms with Crippen molar-refractivity contribution in [2.24, 2.45) is 0 Å². The first-order valence-electron chi connectivity index (χ1n) is 8.96. The molecule has 0 unspecified atom stereocenters. The molecular weight excluding hydrogens is 367 g/mol. The largest absolute Gasteiger partial charge is 0.383 e. The van der Waals surface area contributed by atoms with E-state index < -0.39 is 0 Å². The lowest BCUT2D eigenvalue weighted by Crippen LogP contribution is -2.35. The van der Waals surface area contributed by atoms with Crippen LogP contribution >= 0.6 is 11.8 Å². The van der Waals surface area contributed by atoms with Crippen LogP contribution < -0.4 is 0 Å². The van der Waals surface area contributed by atoms with E-state index >= 15 is 0 Å². The molecular formula is C19H23FN4O2S. The molecule has 3 rings (SSSR count). The Morgan fingerprint density at radius 1 is 1.37 bits per heavy atom. The average Bonchev–Trinajstić information content (AvgIpc) is 3.16. The van der Waals surface area contributed by atoms with Gasteiger partial charge in [0.25, 0.3) is 0 Å². The molecule has 0 spiro atoms. The molecule has 0 saturated carbocycles. The van der Waals surface area contributed by atoms with Gasteiger partial charge in [0.05, 0.1) is 18.0 Å². The summed E-state index contributed by atoms with van der Waals surface area (Å²) >= 11 is 1.25. The van der Waals surface area contributed by atoms with Crippen LogP contribution in [0.4, 0.5) is 4.39 Å². The zero-order valence-electron chi connectivity index (χ0n) is 15.3. The molecule has 8 heteroatoms. The predicted octanol–water partition coefficient (Wildman–Crippen LogP) is 3.43. The van der Waals surface area contributed by atoms with Crippen LogP contribution in [0.2, 0.25) is 0 Å². The highest BCUT2D eigenvalue weighted by Gasteiger charge is 2.21. The van der Waals surface area contributed by atoms with Gasteiger partial charge in [-0.2, -0.15) is 0 Å². The van der Waals surface area contributed by atoms with Gasteiger partial charge in [-0.3, -0.25) is 9.36 Å². The van der Waals surface area contributed by atoms with Gasteiger partial charge >= 0.3 is 0 Å². The van der Waals surface area contributed by atoms with Gasteiger partial charge in [-0.15, -0.1) is 10.2 Å². The van der Waals surface area contributed by atoms with E-state index in [1.54, 1.807) is 34.8 Å². The van der Waals surface area contributed by atoms with Crippen molar-refractivity contribution in [1.82, 2.24) is 19.7 Å². The summed E-state index contributed by atoms with van der Waals surface area (Å²) in [6.45, 7) is 1.01. The Morgan fingerprint density at radius 3 is 2.96 bits per heavy atom. The molecule has 0 fully saturated rings. The van der Waals surface area contributed by atoms with Crippen molar-refractivity contribution in [3.05, 3.63) is 48.2 Å². The summed E-state index contributed by atoms with van der Waals surface area (Å²) in [4.78, 5) is 14.6. The van der Waals surface area contributed by atoms with Gasteiger partial charge < -0.3 is 9.64 Å². The van der Waals surface area contributed by atoms with Crippen LogP contribution in [0.25, 0.3) is 5.69 Å². The predicted molar refractivity (Wildman–Crippen MR) is 102 cm³/mol. The zero-order valence-corrected chi connectivity index (χ0v) is 16.1. The highest BCUT2D eigenvalue weighted by Crippen LogP contribution is 2.25. The van der Waals surface area contributed by atoms with Crippen LogP contribution in [0.15, 0.2) is 47.5 Å². The summed E-state index contributed by atoms with van der Waals surface area (Å²) in [5.74, 6) is -0.165. The molecule has 1 heterocycles. The first-order chi connectivity index (χ1) is 13.2. The SMILES string of the molecule is COCCN(C(=O)CSc1nncn1-c1ccccc1F)C1=CCCCC1. The van der Waals surface area contributed by atoms with Crippen molar-refractivity contribution in [1.29, 1.82) is 0 Å². The number of hydrogen-bond acceptors (Lipinski definition) is 5. The maximum atomic E-state index is 14.1. The average molecular weight is 390 g/mol. The number of aromatic nitrogens is 3. The van der Waals surface area contributed by atoms with E-state index in [2.05, 4.69) is 16.3 Å². The maximum Gasteiger partial charge on any atom is 0.237 e. The molecule has 27 heavy (non-hydrogen) atoms. The molecule has 6 nitrogen and oxygen atoms in total. The number of nitrogens with zero attached hydrogens (tertiary/aromatic N) is 4. The summed E-state index contributed by atoms with van der Waals surface area (Å²) in [7, 11) is 1.63. The molecule has 1 aromatic carbocycles. The molecule has 1 aliphatic carbocycles. The maximum absolute atomic E-state index is 14.1. The Balaban J connectivity index is 1.70. The Labute approximate surface area is 162 Å². The number of methoxy groups -OCH3 is 1. The molecule has 1 amide bonds. The second-order valence-corrected chi connectivity index (χ2v) is 7.15. The lowest BCUT2D eigenvalue weighted by Gasteiger charge is -2.27. The summed E-state index contributed by atoms with van der Waals surface area (Å²) in [5.41, 5.74) is 1.43. The van der Waals surface area contributed by atoms with Crippen molar-refractivity contribution in [2.75, 3.05) is 26.0 Å². The molecule has 144 valence electrons. The van der Waals surface area contributed by atoms with E-state index in [0.29, 0.717) is 24.0 Å². The summed E-state index contributed by atoms with van der Waals surface area (Å²) in [6.07, 6.45) is 7.77. The summed E-state index contributed by atoms with van der Waals surface area (Å²) in [6, 6.07) is 6.42. The first kappa shape index (κ1) is 19.6. The van der Waals surface area contributed by atoms with Crippen LogP contribution in [0.3, 0.4) is 0 Å². The number of benzene rings is 1. The normalized spacial score (nSPS) is 14.1. The fraction of sp³-hybridized carbons (Fsp3) is 0.421. The van der Waals surface area contributed by atoms with Gasteiger partial charge in [0.2, 0.25) is 5.91 Å².